The van der Waals surface area contributed by atoms with Crippen molar-refractivity contribution in [3.8, 4) is 0 Å². The van der Waals surface area contributed by atoms with Crippen LogP contribution < -0.4 is 5.32 Å². The number of rotatable bonds is 5. The molecule has 0 saturated carbocycles. The molecule has 1 heterocycles. The Bertz CT molecular complexity index is 735. The van der Waals surface area contributed by atoms with Gasteiger partial charge in [-0.2, -0.15) is 0 Å². The zero-order chi connectivity index (χ0) is 17.6. The molecule has 1 fully saturated rings. The van der Waals surface area contributed by atoms with Gasteiger partial charge in [-0.1, -0.05) is 42.5 Å². The molecule has 1 amide bonds. The molecule has 0 aromatic heterocycles. The number of piperidine rings is 1. The standard InChI is InChI=1S/C21H24N2O2/c1-16(24)19-8-5-9-20(14-19)22-21(25)18-10-12-23(13-11-18)15-17-6-3-2-4-7-17/h2-9,14,18H,10-13,15H2,1H3,(H,22,25). The summed E-state index contributed by atoms with van der Waals surface area (Å²) in [6, 6.07) is 17.6. The molecular formula is C21H24N2O2. The van der Waals surface area contributed by atoms with E-state index in [-0.39, 0.29) is 17.6 Å². The first-order valence-electron chi connectivity index (χ1n) is 8.80. The Kier molecular flexibility index (Phi) is 5.61. The smallest absolute Gasteiger partial charge is 0.227 e. The first kappa shape index (κ1) is 17.4. The van der Waals surface area contributed by atoms with Gasteiger partial charge in [0, 0.05) is 23.7 Å². The van der Waals surface area contributed by atoms with Crippen LogP contribution in [-0.2, 0) is 11.3 Å². The second-order valence-electron chi connectivity index (χ2n) is 6.66. The molecule has 1 saturated heterocycles. The van der Waals surface area contributed by atoms with E-state index in [1.807, 2.05) is 12.1 Å². The van der Waals surface area contributed by atoms with Gasteiger partial charge >= 0.3 is 0 Å². The summed E-state index contributed by atoms with van der Waals surface area (Å²) < 4.78 is 0. The quantitative estimate of drug-likeness (QED) is 0.846. The van der Waals surface area contributed by atoms with E-state index in [9.17, 15) is 9.59 Å². The number of carbonyl (C=O) groups excluding carboxylic acids is 2. The second kappa shape index (κ2) is 8.08. The van der Waals surface area contributed by atoms with Gasteiger partial charge in [0.05, 0.1) is 0 Å². The number of nitrogens with zero attached hydrogens (tertiary/aromatic N) is 1. The van der Waals surface area contributed by atoms with E-state index in [4.69, 9.17) is 0 Å². The largest absolute Gasteiger partial charge is 0.326 e. The first-order chi connectivity index (χ1) is 12.1. The van der Waals surface area contributed by atoms with Crippen molar-refractivity contribution in [2.24, 2.45) is 5.92 Å². The number of ketones is 1. The van der Waals surface area contributed by atoms with Crippen molar-refractivity contribution in [1.82, 2.24) is 4.90 Å². The van der Waals surface area contributed by atoms with Crippen molar-refractivity contribution in [2.45, 2.75) is 26.3 Å². The Balaban J connectivity index is 1.51. The van der Waals surface area contributed by atoms with Crippen molar-refractivity contribution >= 4 is 17.4 Å². The fourth-order valence-corrected chi connectivity index (χ4v) is 3.26. The van der Waals surface area contributed by atoms with Crippen LogP contribution in [0.5, 0.6) is 0 Å². The molecule has 0 radical (unpaired) electrons. The Morgan fingerprint density at radius 2 is 1.76 bits per heavy atom. The molecule has 0 bridgehead atoms. The van der Waals surface area contributed by atoms with E-state index < -0.39 is 0 Å². The summed E-state index contributed by atoms with van der Waals surface area (Å²) in [6.45, 7) is 4.33. The van der Waals surface area contributed by atoms with Crippen molar-refractivity contribution in [2.75, 3.05) is 18.4 Å². The highest BCUT2D eigenvalue weighted by Crippen LogP contribution is 2.21. The lowest BCUT2D eigenvalue weighted by atomic mass is 9.95. The fraction of sp³-hybridized carbons (Fsp3) is 0.333. The van der Waals surface area contributed by atoms with Gasteiger partial charge in [0.25, 0.3) is 0 Å². The molecule has 25 heavy (non-hydrogen) atoms. The SMILES string of the molecule is CC(=O)c1cccc(NC(=O)C2CCN(Cc3ccccc3)CC2)c1. The van der Waals surface area contributed by atoms with Gasteiger partial charge in [0.15, 0.2) is 5.78 Å². The fourth-order valence-electron chi connectivity index (χ4n) is 3.26. The number of hydrogen-bond acceptors (Lipinski definition) is 3. The van der Waals surface area contributed by atoms with Crippen LogP contribution in [-0.4, -0.2) is 29.7 Å². The number of benzene rings is 2. The first-order valence-corrected chi connectivity index (χ1v) is 8.80. The zero-order valence-electron chi connectivity index (χ0n) is 14.6. The minimum absolute atomic E-state index is 0.00493. The van der Waals surface area contributed by atoms with Gasteiger partial charge < -0.3 is 5.32 Å². The molecule has 4 heteroatoms. The van der Waals surface area contributed by atoms with Crippen LogP contribution in [0.25, 0.3) is 0 Å². The molecule has 1 aliphatic rings. The number of likely N-dealkylation sites (tertiary alicyclic amines) is 1. The Morgan fingerprint density at radius 1 is 1.04 bits per heavy atom. The molecule has 0 unspecified atom stereocenters. The summed E-state index contributed by atoms with van der Waals surface area (Å²) in [6.07, 6.45) is 1.73. The lowest BCUT2D eigenvalue weighted by Gasteiger charge is -2.31. The highest BCUT2D eigenvalue weighted by Gasteiger charge is 2.25. The third kappa shape index (κ3) is 4.77. The maximum absolute atomic E-state index is 12.5. The minimum Gasteiger partial charge on any atom is -0.326 e. The zero-order valence-corrected chi connectivity index (χ0v) is 14.6. The van der Waals surface area contributed by atoms with Crippen LogP contribution in [0.4, 0.5) is 5.69 Å². The molecule has 1 N–H and O–H groups in total. The highest BCUT2D eigenvalue weighted by molar-refractivity contribution is 5.97. The third-order valence-corrected chi connectivity index (χ3v) is 4.74. The van der Waals surface area contributed by atoms with Crippen LogP contribution in [0, 0.1) is 5.92 Å². The molecule has 0 aliphatic carbocycles. The molecule has 2 aromatic rings. The average Bonchev–Trinajstić information content (AvgIpc) is 2.63. The normalized spacial score (nSPS) is 15.7. The minimum atomic E-state index is 0.00493. The number of hydrogen-bond donors (Lipinski definition) is 1. The van der Waals surface area contributed by atoms with Crippen LogP contribution in [0.3, 0.4) is 0 Å². The lowest BCUT2D eigenvalue weighted by Crippen LogP contribution is -2.37. The molecular weight excluding hydrogens is 312 g/mol. The number of carbonyl (C=O) groups is 2. The maximum atomic E-state index is 12.5. The predicted octanol–water partition coefficient (Wildman–Crippen LogP) is 3.74. The van der Waals surface area contributed by atoms with Crippen LogP contribution in [0.15, 0.2) is 54.6 Å². The predicted molar refractivity (Wildman–Crippen MR) is 99.5 cm³/mol. The van der Waals surface area contributed by atoms with Gasteiger partial charge in [-0.15, -0.1) is 0 Å². The molecule has 3 rings (SSSR count). The Morgan fingerprint density at radius 3 is 2.44 bits per heavy atom. The van der Waals surface area contributed by atoms with Gasteiger partial charge in [-0.3, -0.25) is 14.5 Å². The van der Waals surface area contributed by atoms with Gasteiger partial charge in [0.1, 0.15) is 0 Å². The van der Waals surface area contributed by atoms with Crippen molar-refractivity contribution in [3.05, 3.63) is 65.7 Å². The number of Topliss-reactive ketones (excluding diaryl/α,β-unsaturated/α-hetero) is 1. The number of anilines is 1. The summed E-state index contributed by atoms with van der Waals surface area (Å²) in [7, 11) is 0. The van der Waals surface area contributed by atoms with E-state index in [1.165, 1.54) is 12.5 Å². The van der Waals surface area contributed by atoms with Crippen LogP contribution >= 0.6 is 0 Å². The molecule has 0 spiro atoms. The topological polar surface area (TPSA) is 49.4 Å². The van der Waals surface area contributed by atoms with Crippen molar-refractivity contribution in [1.29, 1.82) is 0 Å². The third-order valence-electron chi connectivity index (χ3n) is 4.74. The van der Waals surface area contributed by atoms with Gasteiger partial charge in [-0.05, 0) is 50.6 Å². The Hall–Kier alpha value is -2.46. The maximum Gasteiger partial charge on any atom is 0.227 e. The summed E-state index contributed by atoms with van der Waals surface area (Å²) in [5.41, 5.74) is 2.63. The van der Waals surface area contributed by atoms with E-state index in [1.54, 1.807) is 18.2 Å². The summed E-state index contributed by atoms with van der Waals surface area (Å²) in [5.74, 6) is 0.0957. The van der Waals surface area contributed by atoms with Crippen LogP contribution in [0.2, 0.25) is 0 Å². The number of amides is 1. The molecule has 130 valence electrons. The highest BCUT2D eigenvalue weighted by atomic mass is 16.2. The van der Waals surface area contributed by atoms with E-state index in [0.717, 1.165) is 32.5 Å². The van der Waals surface area contributed by atoms with E-state index in [0.29, 0.717) is 11.3 Å². The van der Waals surface area contributed by atoms with Gasteiger partial charge in [-0.25, -0.2) is 0 Å². The molecule has 2 aromatic carbocycles. The van der Waals surface area contributed by atoms with Crippen molar-refractivity contribution in [3.63, 3.8) is 0 Å². The lowest BCUT2D eigenvalue weighted by molar-refractivity contribution is -0.121. The molecule has 0 atom stereocenters. The summed E-state index contributed by atoms with van der Waals surface area (Å²) in [5, 5.41) is 2.96. The second-order valence-corrected chi connectivity index (χ2v) is 6.66. The summed E-state index contributed by atoms with van der Waals surface area (Å²) in [4.78, 5) is 26.4. The molecule has 4 nitrogen and oxygen atoms in total. The monoisotopic (exact) mass is 336 g/mol. The van der Waals surface area contributed by atoms with Gasteiger partial charge in [0.2, 0.25) is 5.91 Å². The van der Waals surface area contributed by atoms with E-state index in [2.05, 4.69) is 34.5 Å². The van der Waals surface area contributed by atoms with E-state index >= 15 is 0 Å². The summed E-state index contributed by atoms with van der Waals surface area (Å²) >= 11 is 0. The Labute approximate surface area is 148 Å². The van der Waals surface area contributed by atoms with Crippen LogP contribution in [0.1, 0.15) is 35.7 Å². The average molecular weight is 336 g/mol. The molecule has 1 aliphatic heterocycles. The van der Waals surface area contributed by atoms with Crippen molar-refractivity contribution < 1.29 is 9.59 Å². The number of nitrogens with one attached hydrogen (secondary N) is 1.